The van der Waals surface area contributed by atoms with Gasteiger partial charge in [-0.3, -0.25) is 9.63 Å². The Morgan fingerprint density at radius 1 is 1.36 bits per heavy atom. The van der Waals surface area contributed by atoms with Crippen molar-refractivity contribution in [2.45, 2.75) is 57.6 Å². The molecule has 126 valence electrons. The molecule has 2 aliphatic rings. The van der Waals surface area contributed by atoms with Crippen molar-refractivity contribution >= 4 is 12.0 Å². The Bertz CT molecular complexity index is 399. The summed E-state index contributed by atoms with van der Waals surface area (Å²) < 4.78 is 16.5. The smallest absolute Gasteiger partial charge is 0.431 e. The first-order chi connectivity index (χ1) is 10.5. The Morgan fingerprint density at radius 3 is 2.73 bits per heavy atom. The minimum Gasteiger partial charge on any atom is -0.443 e. The molecular formula is C14H24N2O6. The Morgan fingerprint density at radius 2 is 2.14 bits per heavy atom. The highest BCUT2D eigenvalue weighted by molar-refractivity contribution is 5.86. The van der Waals surface area contributed by atoms with E-state index in [9.17, 15) is 9.59 Å². The molecule has 0 aliphatic carbocycles. The molecule has 5 atom stereocenters. The normalized spacial score (nSPS) is 30.7. The summed E-state index contributed by atoms with van der Waals surface area (Å²) in [5.41, 5.74) is 2.08. The average Bonchev–Trinajstić information content (AvgIpc) is 2.45. The Balaban J connectivity index is 1.85. The molecule has 22 heavy (non-hydrogen) atoms. The van der Waals surface area contributed by atoms with Gasteiger partial charge >= 0.3 is 6.09 Å². The van der Waals surface area contributed by atoms with Crippen molar-refractivity contribution in [3.8, 4) is 0 Å². The van der Waals surface area contributed by atoms with E-state index < -0.39 is 12.2 Å². The highest BCUT2D eigenvalue weighted by Crippen LogP contribution is 2.27. The first kappa shape index (κ1) is 17.0. The van der Waals surface area contributed by atoms with Gasteiger partial charge in [0.2, 0.25) is 5.91 Å². The van der Waals surface area contributed by atoms with Crippen LogP contribution in [0.3, 0.4) is 0 Å². The van der Waals surface area contributed by atoms with E-state index in [1.165, 1.54) is 7.11 Å². The molecule has 1 unspecified atom stereocenters. The summed E-state index contributed by atoms with van der Waals surface area (Å²) in [4.78, 5) is 27.7. The van der Waals surface area contributed by atoms with Gasteiger partial charge in [0.25, 0.3) is 0 Å². The SMILES string of the molecule is CONC(=O)O[C@@H](C)[C@H]1NC(=O)[C@@H]1[C@@H](C)OC1CCCCO1. The van der Waals surface area contributed by atoms with Crippen LogP contribution < -0.4 is 10.8 Å². The van der Waals surface area contributed by atoms with Crippen LogP contribution >= 0.6 is 0 Å². The van der Waals surface area contributed by atoms with E-state index in [2.05, 4.69) is 15.6 Å². The number of ether oxygens (including phenoxy) is 3. The molecule has 2 amide bonds. The molecule has 0 aromatic heterocycles. The zero-order chi connectivity index (χ0) is 16.1. The van der Waals surface area contributed by atoms with Crippen molar-refractivity contribution in [1.29, 1.82) is 0 Å². The predicted octanol–water partition coefficient (Wildman–Crippen LogP) is 0.709. The van der Waals surface area contributed by atoms with E-state index in [-0.39, 0.29) is 30.3 Å². The summed E-state index contributed by atoms with van der Waals surface area (Å²) in [5.74, 6) is -0.466. The number of hydroxylamine groups is 1. The monoisotopic (exact) mass is 316 g/mol. The lowest BCUT2D eigenvalue weighted by Gasteiger charge is -2.43. The summed E-state index contributed by atoms with van der Waals surface area (Å²) in [6, 6.07) is -0.284. The average molecular weight is 316 g/mol. The second-order valence-electron chi connectivity index (χ2n) is 5.61. The van der Waals surface area contributed by atoms with Crippen molar-refractivity contribution in [3.05, 3.63) is 0 Å². The molecule has 0 bridgehead atoms. The van der Waals surface area contributed by atoms with Crippen molar-refractivity contribution in [2.24, 2.45) is 5.92 Å². The molecule has 0 aromatic rings. The molecule has 2 aliphatic heterocycles. The first-order valence-corrected chi connectivity index (χ1v) is 7.60. The van der Waals surface area contributed by atoms with E-state index in [1.807, 2.05) is 6.92 Å². The van der Waals surface area contributed by atoms with E-state index >= 15 is 0 Å². The lowest BCUT2D eigenvalue weighted by atomic mass is 9.83. The van der Waals surface area contributed by atoms with Gasteiger partial charge in [-0.2, -0.15) is 5.48 Å². The largest absolute Gasteiger partial charge is 0.443 e. The van der Waals surface area contributed by atoms with Gasteiger partial charge in [0, 0.05) is 6.61 Å². The third-order valence-corrected chi connectivity index (χ3v) is 3.99. The second kappa shape index (κ2) is 7.75. The Labute approximate surface area is 129 Å². The molecule has 2 fully saturated rings. The molecule has 2 saturated heterocycles. The highest BCUT2D eigenvalue weighted by atomic mass is 16.7. The Hall–Kier alpha value is -1.38. The van der Waals surface area contributed by atoms with Crippen LogP contribution in [-0.4, -0.2) is 50.3 Å². The lowest BCUT2D eigenvalue weighted by molar-refractivity contribution is -0.205. The van der Waals surface area contributed by atoms with Crippen LogP contribution in [0.25, 0.3) is 0 Å². The Kier molecular flexibility index (Phi) is 5.98. The van der Waals surface area contributed by atoms with Gasteiger partial charge in [-0.25, -0.2) is 4.79 Å². The third-order valence-electron chi connectivity index (χ3n) is 3.99. The number of carbonyl (C=O) groups excluding carboxylic acids is 2. The highest BCUT2D eigenvalue weighted by Gasteiger charge is 2.48. The summed E-state index contributed by atoms with van der Waals surface area (Å²) in [5, 5.41) is 2.75. The number of hydrogen-bond donors (Lipinski definition) is 2. The van der Waals surface area contributed by atoms with Gasteiger partial charge in [-0.15, -0.1) is 0 Å². The topological polar surface area (TPSA) is 95.1 Å². The van der Waals surface area contributed by atoms with E-state index in [0.29, 0.717) is 6.61 Å². The molecule has 8 heteroatoms. The molecule has 2 rings (SSSR count). The lowest BCUT2D eigenvalue weighted by Crippen LogP contribution is -2.67. The maximum Gasteiger partial charge on any atom is 0.431 e. The quantitative estimate of drug-likeness (QED) is 0.553. The molecule has 0 spiro atoms. The van der Waals surface area contributed by atoms with Gasteiger partial charge in [-0.05, 0) is 33.1 Å². The van der Waals surface area contributed by atoms with Crippen molar-refractivity contribution < 1.29 is 28.6 Å². The fourth-order valence-electron chi connectivity index (χ4n) is 2.82. The van der Waals surface area contributed by atoms with Crippen LogP contribution in [0.15, 0.2) is 0 Å². The molecule has 0 radical (unpaired) electrons. The first-order valence-electron chi connectivity index (χ1n) is 7.60. The fourth-order valence-corrected chi connectivity index (χ4v) is 2.82. The summed E-state index contributed by atoms with van der Waals surface area (Å²) in [6.45, 7) is 4.25. The number of β-lactam (4-membered cyclic amide) rings is 1. The number of hydrogen-bond acceptors (Lipinski definition) is 6. The summed E-state index contributed by atoms with van der Waals surface area (Å²) >= 11 is 0. The van der Waals surface area contributed by atoms with Crippen molar-refractivity contribution in [2.75, 3.05) is 13.7 Å². The second-order valence-corrected chi connectivity index (χ2v) is 5.61. The zero-order valence-corrected chi connectivity index (χ0v) is 13.2. The molecule has 2 N–H and O–H groups in total. The molecular weight excluding hydrogens is 292 g/mol. The van der Waals surface area contributed by atoms with Crippen LogP contribution in [0.2, 0.25) is 0 Å². The van der Waals surface area contributed by atoms with Gasteiger partial charge in [-0.1, -0.05) is 0 Å². The molecule has 0 saturated carbocycles. The van der Waals surface area contributed by atoms with Crippen LogP contribution in [-0.2, 0) is 23.8 Å². The van der Waals surface area contributed by atoms with Crippen LogP contribution in [0.1, 0.15) is 33.1 Å². The van der Waals surface area contributed by atoms with Gasteiger partial charge in [0.15, 0.2) is 6.29 Å². The van der Waals surface area contributed by atoms with Crippen molar-refractivity contribution in [3.63, 3.8) is 0 Å². The van der Waals surface area contributed by atoms with Crippen LogP contribution in [0, 0.1) is 5.92 Å². The van der Waals surface area contributed by atoms with E-state index in [1.54, 1.807) is 6.92 Å². The number of amides is 2. The summed E-state index contributed by atoms with van der Waals surface area (Å²) in [6.07, 6.45) is 1.19. The number of rotatable bonds is 6. The van der Waals surface area contributed by atoms with E-state index in [0.717, 1.165) is 19.3 Å². The zero-order valence-electron chi connectivity index (χ0n) is 13.2. The van der Waals surface area contributed by atoms with Crippen LogP contribution in [0.5, 0.6) is 0 Å². The molecule has 0 aromatic carbocycles. The number of nitrogens with one attached hydrogen (secondary N) is 2. The van der Waals surface area contributed by atoms with Crippen molar-refractivity contribution in [1.82, 2.24) is 10.8 Å². The summed E-state index contributed by atoms with van der Waals surface area (Å²) in [7, 11) is 1.32. The van der Waals surface area contributed by atoms with Gasteiger partial charge in [0.05, 0.1) is 25.2 Å². The minimum absolute atomic E-state index is 0.101. The molecule has 8 nitrogen and oxygen atoms in total. The molecule has 2 heterocycles. The van der Waals surface area contributed by atoms with Gasteiger partial charge < -0.3 is 19.5 Å². The minimum atomic E-state index is -0.695. The predicted molar refractivity (Wildman–Crippen MR) is 75.6 cm³/mol. The maximum atomic E-state index is 11.8. The third kappa shape index (κ3) is 4.08. The van der Waals surface area contributed by atoms with Crippen LogP contribution in [0.4, 0.5) is 4.79 Å². The fraction of sp³-hybridized carbons (Fsp3) is 0.857. The van der Waals surface area contributed by atoms with Gasteiger partial charge in [0.1, 0.15) is 6.10 Å². The standard InChI is InChI=1S/C14H24N2O6/c1-8(21-10-6-4-5-7-20-10)11-12(15-13(11)17)9(2)22-14(18)16-19-3/h8-12H,4-7H2,1-3H3,(H,15,17)(H,16,18)/t8-,9+,10?,11-,12-/m1/s1. The number of carbonyl (C=O) groups is 2. The van der Waals surface area contributed by atoms with E-state index in [4.69, 9.17) is 14.2 Å². The maximum absolute atomic E-state index is 11.8.